The molecule has 0 radical (unpaired) electrons. The second-order valence-corrected chi connectivity index (χ2v) is 8.96. The summed E-state index contributed by atoms with van der Waals surface area (Å²) < 4.78 is 18.8. The van der Waals surface area contributed by atoms with E-state index in [1.807, 2.05) is 24.3 Å². The molecule has 2 aromatic rings. The van der Waals surface area contributed by atoms with Crippen molar-refractivity contribution >= 4 is 29.1 Å². The highest BCUT2D eigenvalue weighted by Gasteiger charge is 2.69. The van der Waals surface area contributed by atoms with Crippen molar-refractivity contribution in [1.82, 2.24) is 10.6 Å². The van der Waals surface area contributed by atoms with E-state index in [9.17, 15) is 14.0 Å². The fourth-order valence-corrected chi connectivity index (χ4v) is 5.02. The zero-order valence-corrected chi connectivity index (χ0v) is 16.9. The third-order valence-electron chi connectivity index (χ3n) is 6.17. The Morgan fingerprint density at radius 2 is 1.87 bits per heavy atom. The van der Waals surface area contributed by atoms with Gasteiger partial charge in [0.15, 0.2) is 6.61 Å². The number of anilines is 1. The largest absolute Gasteiger partial charge is 0.484 e. The van der Waals surface area contributed by atoms with Crippen LogP contribution in [0.25, 0.3) is 0 Å². The molecule has 0 spiro atoms. The van der Waals surface area contributed by atoms with Gasteiger partial charge in [-0.05, 0) is 43.0 Å². The van der Waals surface area contributed by atoms with Gasteiger partial charge >= 0.3 is 0 Å². The molecule has 6 nitrogen and oxygen atoms in total. The van der Waals surface area contributed by atoms with Crippen LogP contribution in [0.15, 0.2) is 42.5 Å². The second-order valence-electron chi connectivity index (χ2n) is 8.55. The van der Waals surface area contributed by atoms with Gasteiger partial charge in [0.1, 0.15) is 17.6 Å². The average molecular weight is 430 g/mol. The molecule has 3 N–H and O–H groups in total. The number of carbonyl (C=O) groups excluding carboxylic acids is 2. The third-order valence-corrected chi connectivity index (χ3v) is 6.48. The van der Waals surface area contributed by atoms with Gasteiger partial charge in [0, 0.05) is 29.3 Å². The van der Waals surface area contributed by atoms with Crippen LogP contribution < -0.4 is 20.7 Å². The number of hydrogen-bond acceptors (Lipinski definition) is 4. The van der Waals surface area contributed by atoms with E-state index in [1.165, 1.54) is 12.1 Å². The molecule has 0 unspecified atom stereocenters. The van der Waals surface area contributed by atoms with Crippen molar-refractivity contribution in [2.45, 2.75) is 42.8 Å². The van der Waals surface area contributed by atoms with Crippen LogP contribution in [0.5, 0.6) is 5.75 Å². The topological polar surface area (TPSA) is 79.5 Å². The minimum Gasteiger partial charge on any atom is -0.484 e. The quantitative estimate of drug-likeness (QED) is 0.659. The maximum atomic E-state index is 13.4. The number of nitrogens with one attached hydrogen (secondary N) is 3. The Bertz CT molecular complexity index is 999. The van der Waals surface area contributed by atoms with Crippen LogP contribution in [0.1, 0.15) is 24.8 Å². The molecule has 3 saturated carbocycles. The van der Waals surface area contributed by atoms with Crippen molar-refractivity contribution in [3.05, 3.63) is 58.9 Å². The number of halogens is 2. The van der Waals surface area contributed by atoms with Crippen molar-refractivity contribution in [2.24, 2.45) is 0 Å². The van der Waals surface area contributed by atoms with Crippen LogP contribution in [0.3, 0.4) is 0 Å². The number of carbonyl (C=O) groups is 2. The van der Waals surface area contributed by atoms with Crippen molar-refractivity contribution in [2.75, 3.05) is 11.9 Å². The zero-order valence-electron chi connectivity index (χ0n) is 16.1. The molecule has 1 aliphatic heterocycles. The molecular weight excluding hydrogens is 409 g/mol. The van der Waals surface area contributed by atoms with Crippen molar-refractivity contribution in [1.29, 1.82) is 0 Å². The zero-order chi connectivity index (χ0) is 20.9. The Morgan fingerprint density at radius 3 is 2.60 bits per heavy atom. The molecule has 2 bridgehead atoms. The summed E-state index contributed by atoms with van der Waals surface area (Å²) in [7, 11) is 0. The lowest BCUT2D eigenvalue weighted by Gasteiger charge is -2.70. The molecule has 156 valence electrons. The SMILES string of the molecule is O=C(COc1ccc(Cl)c(F)c1)NC12CC(NC(=O)[C@H]3Cc4ccccc4N3)(C1)C2. The van der Waals surface area contributed by atoms with Gasteiger partial charge in [0.2, 0.25) is 5.91 Å². The monoisotopic (exact) mass is 429 g/mol. The van der Waals surface area contributed by atoms with Gasteiger partial charge in [-0.3, -0.25) is 9.59 Å². The van der Waals surface area contributed by atoms with Gasteiger partial charge in [-0.15, -0.1) is 0 Å². The standard InChI is InChI=1S/C22H21ClFN3O3/c23-15-6-5-14(8-16(15)24)30-9-19(28)26-21-10-22(11-21,12-21)27-20(29)18-7-13-3-1-2-4-17(13)25-18/h1-6,8,18,25H,7,9-12H2,(H,26,28)(H,27,29)/t18-,21?,22?/m1/s1. The van der Waals surface area contributed by atoms with E-state index in [4.69, 9.17) is 16.3 Å². The van der Waals surface area contributed by atoms with Crippen molar-refractivity contribution in [3.63, 3.8) is 0 Å². The van der Waals surface area contributed by atoms with Gasteiger partial charge in [-0.1, -0.05) is 29.8 Å². The van der Waals surface area contributed by atoms with E-state index in [-0.39, 0.29) is 46.3 Å². The van der Waals surface area contributed by atoms with Crippen LogP contribution in [0.2, 0.25) is 5.02 Å². The molecule has 1 heterocycles. The van der Waals surface area contributed by atoms with E-state index in [1.54, 1.807) is 0 Å². The molecule has 3 fully saturated rings. The van der Waals surface area contributed by atoms with Crippen LogP contribution in [-0.2, 0) is 16.0 Å². The van der Waals surface area contributed by atoms with Crippen molar-refractivity contribution in [3.8, 4) is 5.75 Å². The maximum absolute atomic E-state index is 13.4. The first-order chi connectivity index (χ1) is 14.4. The smallest absolute Gasteiger partial charge is 0.258 e. The van der Waals surface area contributed by atoms with Crippen molar-refractivity contribution < 1.29 is 18.7 Å². The van der Waals surface area contributed by atoms with Gasteiger partial charge in [-0.2, -0.15) is 0 Å². The highest BCUT2D eigenvalue weighted by molar-refractivity contribution is 6.30. The lowest BCUT2D eigenvalue weighted by Crippen LogP contribution is -2.84. The van der Waals surface area contributed by atoms with E-state index in [0.29, 0.717) is 25.7 Å². The Kier molecular flexibility index (Phi) is 4.39. The fourth-order valence-electron chi connectivity index (χ4n) is 4.90. The molecule has 8 heteroatoms. The Morgan fingerprint density at radius 1 is 1.13 bits per heavy atom. The Balaban J connectivity index is 1.07. The summed E-state index contributed by atoms with van der Waals surface area (Å²) >= 11 is 5.63. The number of fused-ring (bicyclic) bond motifs is 1. The molecular formula is C22H21ClFN3O3. The normalized spacial score (nSPS) is 27.7. The van der Waals surface area contributed by atoms with E-state index < -0.39 is 5.82 Å². The first-order valence-electron chi connectivity index (χ1n) is 9.91. The first kappa shape index (κ1) is 19.2. The number of benzene rings is 2. The van der Waals surface area contributed by atoms with E-state index in [2.05, 4.69) is 16.0 Å². The minimum absolute atomic E-state index is 0.000995. The summed E-state index contributed by atoms with van der Waals surface area (Å²) in [5, 5.41) is 9.43. The second kappa shape index (κ2) is 6.87. The average Bonchev–Trinajstić information content (AvgIpc) is 3.10. The van der Waals surface area contributed by atoms with Gasteiger partial charge < -0.3 is 20.7 Å². The number of rotatable bonds is 6. The Hall–Kier alpha value is -2.80. The van der Waals surface area contributed by atoms with Crippen LogP contribution in [0.4, 0.5) is 10.1 Å². The molecule has 4 aliphatic rings. The fraction of sp³-hybridized carbons (Fsp3) is 0.364. The minimum atomic E-state index is -0.591. The predicted molar refractivity (Wildman–Crippen MR) is 110 cm³/mol. The summed E-state index contributed by atoms with van der Waals surface area (Å²) in [6, 6.07) is 11.7. The highest BCUT2D eigenvalue weighted by Crippen LogP contribution is 2.60. The van der Waals surface area contributed by atoms with Crippen LogP contribution in [0, 0.1) is 5.82 Å². The Labute approximate surface area is 178 Å². The number of para-hydroxylation sites is 1. The summed E-state index contributed by atoms with van der Waals surface area (Å²) in [5.74, 6) is -0.609. The lowest BCUT2D eigenvalue weighted by atomic mass is 9.44. The third kappa shape index (κ3) is 3.37. The molecule has 0 saturated heterocycles. The maximum Gasteiger partial charge on any atom is 0.258 e. The van der Waals surface area contributed by atoms with E-state index in [0.717, 1.165) is 17.3 Å². The van der Waals surface area contributed by atoms with Crippen LogP contribution in [-0.4, -0.2) is 35.5 Å². The van der Waals surface area contributed by atoms with E-state index >= 15 is 0 Å². The lowest BCUT2D eigenvalue weighted by molar-refractivity contribution is -0.150. The van der Waals surface area contributed by atoms with Gasteiger partial charge in [-0.25, -0.2) is 4.39 Å². The number of hydrogen-bond donors (Lipinski definition) is 3. The summed E-state index contributed by atoms with van der Waals surface area (Å²) in [6.07, 6.45) is 2.83. The highest BCUT2D eigenvalue weighted by atomic mass is 35.5. The summed E-state index contributed by atoms with van der Waals surface area (Å²) in [4.78, 5) is 24.9. The van der Waals surface area contributed by atoms with Gasteiger partial charge in [0.25, 0.3) is 5.91 Å². The molecule has 6 rings (SSSR count). The number of amides is 2. The van der Waals surface area contributed by atoms with Gasteiger partial charge in [0.05, 0.1) is 5.02 Å². The molecule has 3 aliphatic carbocycles. The summed E-state index contributed by atoms with van der Waals surface area (Å²) in [6.45, 7) is -0.202. The summed E-state index contributed by atoms with van der Waals surface area (Å²) in [5.41, 5.74) is 1.67. The molecule has 2 aromatic carbocycles. The number of ether oxygens (including phenoxy) is 1. The molecule has 0 aromatic heterocycles. The van der Waals surface area contributed by atoms with Crippen LogP contribution >= 0.6 is 11.6 Å². The predicted octanol–water partition coefficient (Wildman–Crippen LogP) is 2.80. The first-order valence-corrected chi connectivity index (χ1v) is 10.3. The molecule has 2 amide bonds. The molecule has 1 atom stereocenters. The molecule has 30 heavy (non-hydrogen) atoms.